The van der Waals surface area contributed by atoms with Crippen molar-refractivity contribution < 1.29 is 54.5 Å². The molecule has 38 heavy (non-hydrogen) atoms. The fourth-order valence-electron chi connectivity index (χ4n) is 3.19. The molecule has 1 heterocycles. The monoisotopic (exact) mass is 548 g/mol. The van der Waals surface area contributed by atoms with Crippen LogP contribution in [0.15, 0.2) is 36.7 Å². The lowest BCUT2D eigenvalue weighted by Crippen LogP contribution is -2.19. The number of anilines is 1. The quantitative estimate of drug-likeness (QED) is 0.399. The second kappa shape index (κ2) is 10.4. The molecule has 1 aromatic heterocycles. The summed E-state index contributed by atoms with van der Waals surface area (Å²) in [5.74, 6) is -7.41. The molecule has 0 fully saturated rings. The van der Waals surface area contributed by atoms with Gasteiger partial charge in [-0.3, -0.25) is 9.59 Å². The SMILES string of the molecule is COc1c(Oc2ccc(C(F)(F)F)c(C)c2C(=O)Nc2cnc(C(N)=O)nc2)ccc(OC(F)(F)F)c1F. The molecular formula is C22H15F7N4O5. The number of nitrogens with two attached hydrogens (primary N) is 1. The van der Waals surface area contributed by atoms with Gasteiger partial charge in [-0.25, -0.2) is 9.97 Å². The minimum atomic E-state index is -5.23. The van der Waals surface area contributed by atoms with Crippen molar-refractivity contribution in [3.63, 3.8) is 0 Å². The Kier molecular flexibility index (Phi) is 7.64. The van der Waals surface area contributed by atoms with Gasteiger partial charge in [-0.15, -0.1) is 13.2 Å². The summed E-state index contributed by atoms with van der Waals surface area (Å²) in [5, 5.41) is 2.23. The van der Waals surface area contributed by atoms with Crippen molar-refractivity contribution in [2.24, 2.45) is 5.73 Å². The first-order valence-electron chi connectivity index (χ1n) is 10.1. The van der Waals surface area contributed by atoms with Crippen molar-refractivity contribution in [2.45, 2.75) is 19.5 Å². The Labute approximate surface area is 208 Å². The molecule has 0 bridgehead atoms. The number of rotatable bonds is 7. The minimum Gasteiger partial charge on any atom is -0.490 e. The van der Waals surface area contributed by atoms with Gasteiger partial charge in [-0.2, -0.15) is 17.6 Å². The summed E-state index contributed by atoms with van der Waals surface area (Å²) in [6, 6.07) is 2.70. The molecule has 0 saturated heterocycles. The van der Waals surface area contributed by atoms with Gasteiger partial charge >= 0.3 is 12.5 Å². The number of halogens is 7. The van der Waals surface area contributed by atoms with Gasteiger partial charge in [0.15, 0.2) is 11.5 Å². The highest BCUT2D eigenvalue weighted by molar-refractivity contribution is 6.07. The maximum absolute atomic E-state index is 14.6. The Morgan fingerprint density at radius 1 is 0.947 bits per heavy atom. The lowest BCUT2D eigenvalue weighted by Gasteiger charge is -2.19. The number of benzene rings is 2. The molecular weight excluding hydrogens is 533 g/mol. The number of ether oxygens (including phenoxy) is 3. The van der Waals surface area contributed by atoms with Gasteiger partial charge in [0, 0.05) is 0 Å². The molecule has 0 atom stereocenters. The predicted octanol–water partition coefficient (Wildman–Crippen LogP) is 4.99. The lowest BCUT2D eigenvalue weighted by atomic mass is 10.00. The van der Waals surface area contributed by atoms with Crippen molar-refractivity contribution in [2.75, 3.05) is 12.4 Å². The van der Waals surface area contributed by atoms with Crippen molar-refractivity contribution in [1.29, 1.82) is 0 Å². The fourth-order valence-corrected chi connectivity index (χ4v) is 3.19. The molecule has 3 rings (SSSR count). The van der Waals surface area contributed by atoms with Crippen LogP contribution in [0.1, 0.15) is 32.1 Å². The Hall–Kier alpha value is -4.63. The molecule has 9 nitrogen and oxygen atoms in total. The molecule has 3 aromatic rings. The number of hydrogen-bond acceptors (Lipinski definition) is 7. The van der Waals surface area contributed by atoms with E-state index < -0.39 is 75.7 Å². The van der Waals surface area contributed by atoms with E-state index in [1.807, 2.05) is 0 Å². The summed E-state index contributed by atoms with van der Waals surface area (Å²) in [4.78, 5) is 31.3. The molecule has 0 spiro atoms. The van der Waals surface area contributed by atoms with Crippen molar-refractivity contribution in [3.8, 4) is 23.0 Å². The van der Waals surface area contributed by atoms with E-state index in [1.165, 1.54) is 0 Å². The highest BCUT2D eigenvalue weighted by Gasteiger charge is 2.36. The van der Waals surface area contributed by atoms with E-state index in [0.29, 0.717) is 12.1 Å². The number of hydrogen-bond donors (Lipinski definition) is 2. The molecule has 0 aliphatic carbocycles. The number of aromatic nitrogens is 2. The van der Waals surface area contributed by atoms with Gasteiger partial charge in [0.25, 0.3) is 11.8 Å². The molecule has 0 radical (unpaired) electrons. The summed E-state index contributed by atoms with van der Waals surface area (Å²) >= 11 is 0. The van der Waals surface area contributed by atoms with Gasteiger partial charge in [0.2, 0.25) is 17.4 Å². The summed E-state index contributed by atoms with van der Waals surface area (Å²) in [6.45, 7) is 0.968. The fraction of sp³-hybridized carbons (Fsp3) is 0.182. The third-order valence-corrected chi connectivity index (χ3v) is 4.76. The smallest absolute Gasteiger partial charge is 0.490 e. The number of amides is 2. The minimum absolute atomic E-state index is 0.139. The van der Waals surface area contributed by atoms with E-state index in [0.717, 1.165) is 38.6 Å². The normalized spacial score (nSPS) is 11.6. The number of nitrogens with one attached hydrogen (secondary N) is 1. The number of carbonyl (C=O) groups is 2. The van der Waals surface area contributed by atoms with Crippen LogP contribution in [0.5, 0.6) is 23.0 Å². The van der Waals surface area contributed by atoms with Gasteiger partial charge in [0.05, 0.1) is 36.3 Å². The molecule has 3 N–H and O–H groups in total. The zero-order chi connectivity index (χ0) is 28.4. The molecule has 202 valence electrons. The standard InChI is InChI=1S/C22H15F7N4O5/c1-9-11(21(24,25)26)3-4-12(15(9)20(35)33-10-7-31-19(18(30)34)32-8-10)37-14-6-5-13(38-22(27,28)29)16(23)17(14)36-2/h3-8H,1-2H3,(H2,30,34)(H,33,35). The molecule has 0 aliphatic heterocycles. The van der Waals surface area contributed by atoms with E-state index >= 15 is 0 Å². The maximum Gasteiger partial charge on any atom is 0.573 e. The van der Waals surface area contributed by atoms with Crippen LogP contribution in [0.2, 0.25) is 0 Å². The second-order valence-corrected chi connectivity index (χ2v) is 7.28. The summed E-state index contributed by atoms with van der Waals surface area (Å²) in [7, 11) is 0.893. The van der Waals surface area contributed by atoms with Crippen LogP contribution >= 0.6 is 0 Å². The number of methoxy groups -OCH3 is 1. The molecule has 0 saturated carbocycles. The average Bonchev–Trinajstić information content (AvgIpc) is 2.80. The van der Waals surface area contributed by atoms with Crippen LogP contribution in [-0.4, -0.2) is 35.3 Å². The third kappa shape index (κ3) is 6.19. The number of alkyl halides is 6. The van der Waals surface area contributed by atoms with Gasteiger partial charge in [0.1, 0.15) is 5.75 Å². The van der Waals surface area contributed by atoms with E-state index in [9.17, 15) is 40.3 Å². The van der Waals surface area contributed by atoms with Crippen LogP contribution in [0.25, 0.3) is 0 Å². The Bertz CT molecular complexity index is 1380. The first kappa shape index (κ1) is 27.9. The summed E-state index contributed by atoms with van der Waals surface area (Å²) in [6.07, 6.45) is -8.19. The van der Waals surface area contributed by atoms with E-state index in [4.69, 9.17) is 15.2 Å². The van der Waals surface area contributed by atoms with Crippen molar-refractivity contribution >= 4 is 17.5 Å². The average molecular weight is 548 g/mol. The second-order valence-electron chi connectivity index (χ2n) is 7.28. The molecule has 2 amide bonds. The zero-order valence-electron chi connectivity index (χ0n) is 19.1. The van der Waals surface area contributed by atoms with Gasteiger partial charge in [-0.1, -0.05) is 0 Å². The van der Waals surface area contributed by atoms with E-state index in [2.05, 4.69) is 20.0 Å². The number of primary amides is 1. The largest absolute Gasteiger partial charge is 0.573 e. The van der Waals surface area contributed by atoms with E-state index in [1.54, 1.807) is 0 Å². The first-order valence-corrected chi connectivity index (χ1v) is 10.1. The van der Waals surface area contributed by atoms with Gasteiger partial charge < -0.3 is 25.3 Å². The van der Waals surface area contributed by atoms with Crippen LogP contribution in [-0.2, 0) is 6.18 Å². The van der Waals surface area contributed by atoms with E-state index in [-0.39, 0.29) is 5.69 Å². The van der Waals surface area contributed by atoms with Gasteiger partial charge in [-0.05, 0) is 36.8 Å². The number of carbonyl (C=O) groups excluding carboxylic acids is 2. The lowest BCUT2D eigenvalue weighted by molar-refractivity contribution is -0.275. The number of nitrogens with zero attached hydrogens (tertiary/aromatic N) is 2. The molecule has 16 heteroatoms. The molecule has 0 aliphatic rings. The molecule has 0 unspecified atom stereocenters. The predicted molar refractivity (Wildman–Crippen MR) is 114 cm³/mol. The van der Waals surface area contributed by atoms with Crippen LogP contribution in [0.4, 0.5) is 36.4 Å². The molecule has 2 aromatic carbocycles. The maximum atomic E-state index is 14.6. The Balaban J connectivity index is 2.07. The van der Waals surface area contributed by atoms with Crippen LogP contribution < -0.4 is 25.3 Å². The summed E-state index contributed by atoms with van der Waals surface area (Å²) in [5.41, 5.74) is 2.41. The highest BCUT2D eigenvalue weighted by atomic mass is 19.4. The first-order chi connectivity index (χ1) is 17.6. The zero-order valence-corrected chi connectivity index (χ0v) is 19.1. The highest BCUT2D eigenvalue weighted by Crippen LogP contribution is 2.43. The topological polar surface area (TPSA) is 126 Å². The van der Waals surface area contributed by atoms with Crippen LogP contribution in [0.3, 0.4) is 0 Å². The summed E-state index contributed by atoms with van der Waals surface area (Å²) < 4.78 is 107. The third-order valence-electron chi connectivity index (χ3n) is 4.76. The van der Waals surface area contributed by atoms with Crippen molar-refractivity contribution in [1.82, 2.24) is 9.97 Å². The van der Waals surface area contributed by atoms with Crippen molar-refractivity contribution in [3.05, 3.63) is 65.0 Å². The Morgan fingerprint density at radius 3 is 2.05 bits per heavy atom. The van der Waals surface area contributed by atoms with Crippen LogP contribution in [0, 0.1) is 12.7 Å². The Morgan fingerprint density at radius 2 is 1.53 bits per heavy atom.